The number of anilines is 1. The molecule has 0 unspecified atom stereocenters. The van der Waals surface area contributed by atoms with Crippen LogP contribution >= 0.6 is 0 Å². The Hall–Kier alpha value is -3.07. The van der Waals surface area contributed by atoms with Crippen LogP contribution in [0, 0.1) is 18.3 Å². The number of ether oxygens (including phenoxy) is 1. The smallest absolute Gasteiger partial charge is 0.342 e. The van der Waals surface area contributed by atoms with Gasteiger partial charge in [0.1, 0.15) is 11.3 Å². The number of aryl methyl sites for hydroxylation is 1. The number of nitriles is 1. The summed E-state index contributed by atoms with van der Waals surface area (Å²) < 4.78 is 10.1. The zero-order valence-electron chi connectivity index (χ0n) is 12.1. The summed E-state index contributed by atoms with van der Waals surface area (Å²) >= 11 is 0. The molecule has 0 fully saturated rings. The van der Waals surface area contributed by atoms with E-state index >= 15 is 0 Å². The molecule has 1 aromatic carbocycles. The van der Waals surface area contributed by atoms with Gasteiger partial charge in [-0.25, -0.2) is 4.79 Å². The van der Waals surface area contributed by atoms with Crippen molar-refractivity contribution in [2.75, 3.05) is 5.32 Å². The average Bonchev–Trinajstić information content (AvgIpc) is 2.93. The van der Waals surface area contributed by atoms with Gasteiger partial charge in [-0.15, -0.1) is 0 Å². The van der Waals surface area contributed by atoms with Gasteiger partial charge in [-0.2, -0.15) is 5.26 Å². The predicted octanol–water partition coefficient (Wildman–Crippen LogP) is 2.64. The Morgan fingerprint density at radius 2 is 2.14 bits per heavy atom. The SMILES string of the molecule is Cc1occc1C(=O)O[C@H](C)C(=O)Nc1cccc(C#N)c1. The number of hydrogen-bond donors (Lipinski definition) is 1. The topological polar surface area (TPSA) is 92.3 Å². The van der Waals surface area contributed by atoms with Crippen molar-refractivity contribution in [1.82, 2.24) is 0 Å². The first-order chi connectivity index (χ1) is 10.5. The largest absolute Gasteiger partial charge is 0.469 e. The van der Waals surface area contributed by atoms with Gasteiger partial charge in [0.05, 0.1) is 17.9 Å². The van der Waals surface area contributed by atoms with Gasteiger partial charge in [0.2, 0.25) is 0 Å². The highest BCUT2D eigenvalue weighted by molar-refractivity contribution is 5.97. The maximum absolute atomic E-state index is 12.0. The minimum Gasteiger partial charge on any atom is -0.469 e. The van der Waals surface area contributed by atoms with Crippen LogP contribution in [0.15, 0.2) is 41.0 Å². The van der Waals surface area contributed by atoms with E-state index in [0.717, 1.165) is 0 Å². The number of carbonyl (C=O) groups excluding carboxylic acids is 2. The number of furan rings is 1. The molecule has 1 atom stereocenters. The van der Waals surface area contributed by atoms with Crippen molar-refractivity contribution in [2.45, 2.75) is 20.0 Å². The van der Waals surface area contributed by atoms with Crippen molar-refractivity contribution in [3.63, 3.8) is 0 Å². The molecule has 0 spiro atoms. The monoisotopic (exact) mass is 298 g/mol. The number of esters is 1. The summed E-state index contributed by atoms with van der Waals surface area (Å²) in [6.45, 7) is 3.10. The highest BCUT2D eigenvalue weighted by Gasteiger charge is 2.21. The lowest BCUT2D eigenvalue weighted by Crippen LogP contribution is -2.30. The van der Waals surface area contributed by atoms with E-state index in [1.54, 1.807) is 25.1 Å². The number of nitrogens with one attached hydrogen (secondary N) is 1. The van der Waals surface area contributed by atoms with Crippen LogP contribution < -0.4 is 5.32 Å². The lowest BCUT2D eigenvalue weighted by molar-refractivity contribution is -0.123. The number of carbonyl (C=O) groups is 2. The Labute approximate surface area is 127 Å². The minimum absolute atomic E-state index is 0.283. The van der Waals surface area contributed by atoms with E-state index in [-0.39, 0.29) is 5.56 Å². The summed E-state index contributed by atoms with van der Waals surface area (Å²) in [7, 11) is 0. The molecule has 112 valence electrons. The van der Waals surface area contributed by atoms with Gasteiger partial charge >= 0.3 is 5.97 Å². The lowest BCUT2D eigenvalue weighted by Gasteiger charge is -2.13. The highest BCUT2D eigenvalue weighted by Crippen LogP contribution is 2.13. The lowest BCUT2D eigenvalue weighted by atomic mass is 10.2. The van der Waals surface area contributed by atoms with Gasteiger partial charge in [0.25, 0.3) is 5.91 Å². The number of rotatable bonds is 4. The predicted molar refractivity (Wildman–Crippen MR) is 78.1 cm³/mol. The summed E-state index contributed by atoms with van der Waals surface area (Å²) in [6.07, 6.45) is 0.400. The van der Waals surface area contributed by atoms with E-state index < -0.39 is 18.0 Å². The van der Waals surface area contributed by atoms with Crippen LogP contribution in [0.2, 0.25) is 0 Å². The number of amides is 1. The molecule has 0 aliphatic rings. The molecule has 0 bridgehead atoms. The summed E-state index contributed by atoms with van der Waals surface area (Å²) in [5, 5.41) is 11.4. The molecule has 0 saturated carbocycles. The van der Waals surface area contributed by atoms with E-state index in [4.69, 9.17) is 14.4 Å². The first-order valence-corrected chi connectivity index (χ1v) is 6.57. The van der Waals surface area contributed by atoms with Gasteiger partial charge in [0.15, 0.2) is 6.10 Å². The second kappa shape index (κ2) is 6.59. The molecule has 6 nitrogen and oxygen atoms in total. The molecular formula is C16H14N2O4. The molecular weight excluding hydrogens is 284 g/mol. The van der Waals surface area contributed by atoms with Gasteiger partial charge < -0.3 is 14.5 Å². The Morgan fingerprint density at radius 3 is 2.77 bits per heavy atom. The number of nitrogens with zero attached hydrogens (tertiary/aromatic N) is 1. The first-order valence-electron chi connectivity index (χ1n) is 6.57. The molecule has 22 heavy (non-hydrogen) atoms. The van der Waals surface area contributed by atoms with E-state index in [1.165, 1.54) is 25.3 Å². The normalized spacial score (nSPS) is 11.3. The Balaban J connectivity index is 1.99. The molecule has 0 saturated heterocycles. The van der Waals surface area contributed by atoms with Crippen LogP contribution in [0.5, 0.6) is 0 Å². The Morgan fingerprint density at radius 1 is 1.36 bits per heavy atom. The molecule has 6 heteroatoms. The van der Waals surface area contributed by atoms with Crippen LogP contribution in [0.25, 0.3) is 0 Å². The van der Waals surface area contributed by atoms with E-state index in [1.807, 2.05) is 6.07 Å². The summed E-state index contributed by atoms with van der Waals surface area (Å²) in [6, 6.07) is 9.92. The van der Waals surface area contributed by atoms with Gasteiger partial charge in [-0.1, -0.05) is 6.07 Å². The molecule has 1 N–H and O–H groups in total. The van der Waals surface area contributed by atoms with Crippen LogP contribution in [0.3, 0.4) is 0 Å². The molecule has 1 amide bonds. The fourth-order valence-corrected chi connectivity index (χ4v) is 1.78. The van der Waals surface area contributed by atoms with Crippen molar-refractivity contribution in [3.05, 3.63) is 53.5 Å². The van der Waals surface area contributed by atoms with Crippen LogP contribution in [0.1, 0.15) is 28.6 Å². The number of benzene rings is 1. The van der Waals surface area contributed by atoms with Crippen LogP contribution in [0.4, 0.5) is 5.69 Å². The zero-order chi connectivity index (χ0) is 16.1. The molecule has 1 heterocycles. The second-order valence-electron chi connectivity index (χ2n) is 4.62. The van der Waals surface area contributed by atoms with Crippen molar-refractivity contribution < 1.29 is 18.7 Å². The summed E-state index contributed by atoms with van der Waals surface area (Å²) in [4.78, 5) is 23.9. The zero-order valence-corrected chi connectivity index (χ0v) is 12.1. The van der Waals surface area contributed by atoms with Gasteiger partial charge in [0, 0.05) is 5.69 Å². The fourth-order valence-electron chi connectivity index (χ4n) is 1.78. The fraction of sp³-hybridized carbons (Fsp3) is 0.188. The molecule has 1 aromatic heterocycles. The summed E-state index contributed by atoms with van der Waals surface area (Å²) in [5.41, 5.74) is 1.18. The minimum atomic E-state index is -0.979. The molecule has 0 aliphatic carbocycles. The third-order valence-electron chi connectivity index (χ3n) is 2.99. The van der Waals surface area contributed by atoms with E-state index in [2.05, 4.69) is 5.32 Å². The van der Waals surface area contributed by atoms with E-state index in [9.17, 15) is 9.59 Å². The molecule has 0 radical (unpaired) electrons. The summed E-state index contributed by atoms with van der Waals surface area (Å²) in [5.74, 6) is -0.677. The molecule has 0 aliphatic heterocycles. The first kappa shape index (κ1) is 15.3. The standard InChI is InChI=1S/C16H14N2O4/c1-10-14(6-7-21-10)16(20)22-11(2)15(19)18-13-5-3-4-12(8-13)9-17/h3-8,11H,1-2H3,(H,18,19)/t11-/m1/s1. The van der Waals surface area contributed by atoms with Crippen molar-refractivity contribution >= 4 is 17.6 Å². The van der Waals surface area contributed by atoms with Crippen LogP contribution in [-0.2, 0) is 9.53 Å². The Bertz CT molecular complexity index is 743. The molecule has 2 aromatic rings. The van der Waals surface area contributed by atoms with Gasteiger partial charge in [-0.05, 0) is 38.1 Å². The third-order valence-corrected chi connectivity index (χ3v) is 2.99. The van der Waals surface area contributed by atoms with Crippen molar-refractivity contribution in [2.24, 2.45) is 0 Å². The van der Waals surface area contributed by atoms with Crippen molar-refractivity contribution in [3.8, 4) is 6.07 Å². The van der Waals surface area contributed by atoms with Crippen molar-refractivity contribution in [1.29, 1.82) is 5.26 Å². The van der Waals surface area contributed by atoms with E-state index in [0.29, 0.717) is 17.0 Å². The number of hydrogen-bond acceptors (Lipinski definition) is 5. The average molecular weight is 298 g/mol. The third kappa shape index (κ3) is 3.52. The maximum atomic E-state index is 12.0. The maximum Gasteiger partial charge on any atom is 0.342 e. The Kier molecular flexibility index (Phi) is 4.59. The highest BCUT2D eigenvalue weighted by atomic mass is 16.5. The second-order valence-corrected chi connectivity index (χ2v) is 4.62. The molecule has 2 rings (SSSR count). The van der Waals surface area contributed by atoms with Crippen LogP contribution in [-0.4, -0.2) is 18.0 Å². The van der Waals surface area contributed by atoms with Gasteiger partial charge in [-0.3, -0.25) is 4.79 Å². The quantitative estimate of drug-likeness (QED) is 0.876.